The van der Waals surface area contributed by atoms with Crippen molar-refractivity contribution >= 4 is 0 Å². The minimum Gasteiger partial charge on any atom is -0.381 e. The van der Waals surface area contributed by atoms with E-state index in [0.29, 0.717) is 0 Å². The molecule has 1 N–H and O–H groups in total. The molecule has 0 amide bonds. The summed E-state index contributed by atoms with van der Waals surface area (Å²) < 4.78 is 5.72. The van der Waals surface area contributed by atoms with Crippen molar-refractivity contribution in [2.45, 2.75) is 32.1 Å². The topological polar surface area (TPSA) is 34.1 Å². The molecule has 2 rings (SSSR count). The smallest absolute Gasteiger partial charge is 0.0469 e. The van der Waals surface area contributed by atoms with Crippen LogP contribution in [0.5, 0.6) is 0 Å². The highest BCUT2D eigenvalue weighted by molar-refractivity contribution is 5.09. The minimum atomic E-state index is 0.881. The first kappa shape index (κ1) is 13.5. The van der Waals surface area contributed by atoms with E-state index < -0.39 is 0 Å². The van der Waals surface area contributed by atoms with E-state index in [2.05, 4.69) is 22.4 Å². The van der Waals surface area contributed by atoms with Crippen molar-refractivity contribution in [2.75, 3.05) is 26.3 Å². The highest BCUT2D eigenvalue weighted by atomic mass is 16.5. The maximum absolute atomic E-state index is 5.72. The van der Waals surface area contributed by atoms with Crippen molar-refractivity contribution in [1.29, 1.82) is 0 Å². The molecule has 0 saturated carbocycles. The van der Waals surface area contributed by atoms with Crippen molar-refractivity contribution in [3.63, 3.8) is 0 Å². The van der Waals surface area contributed by atoms with E-state index in [9.17, 15) is 0 Å². The molecule has 3 nitrogen and oxygen atoms in total. The zero-order valence-electron chi connectivity index (χ0n) is 11.1. The van der Waals surface area contributed by atoms with E-state index in [-0.39, 0.29) is 0 Å². The van der Waals surface area contributed by atoms with Crippen LogP contribution in [0.3, 0.4) is 0 Å². The molecular weight excluding hydrogens is 224 g/mol. The Morgan fingerprint density at radius 1 is 1.17 bits per heavy atom. The summed E-state index contributed by atoms with van der Waals surface area (Å²) in [5.74, 6) is 0.881. The van der Waals surface area contributed by atoms with Gasteiger partial charge in [-0.3, -0.25) is 4.98 Å². The number of nitrogens with one attached hydrogen (secondary N) is 1. The van der Waals surface area contributed by atoms with Gasteiger partial charge in [0, 0.05) is 25.6 Å². The lowest BCUT2D eigenvalue weighted by Gasteiger charge is -2.22. The SMILES string of the molecule is c1cc(CCCOCCC2CCNCC2)ccn1. The van der Waals surface area contributed by atoms with Gasteiger partial charge in [0.05, 0.1) is 0 Å². The second kappa shape index (κ2) is 8.22. The number of aromatic nitrogens is 1. The van der Waals surface area contributed by atoms with Crippen molar-refractivity contribution in [3.05, 3.63) is 30.1 Å². The molecule has 100 valence electrons. The summed E-state index contributed by atoms with van der Waals surface area (Å²) in [6.07, 6.45) is 9.78. The summed E-state index contributed by atoms with van der Waals surface area (Å²) in [6.45, 7) is 4.19. The number of piperidine rings is 1. The molecule has 1 fully saturated rings. The molecule has 0 aliphatic carbocycles. The van der Waals surface area contributed by atoms with E-state index in [1.165, 1.54) is 37.9 Å². The van der Waals surface area contributed by atoms with Crippen LogP contribution in [0, 0.1) is 5.92 Å². The highest BCUT2D eigenvalue weighted by Gasteiger charge is 2.11. The Hall–Kier alpha value is -0.930. The van der Waals surface area contributed by atoms with Gasteiger partial charge >= 0.3 is 0 Å². The van der Waals surface area contributed by atoms with Crippen molar-refractivity contribution in [3.8, 4) is 0 Å². The van der Waals surface area contributed by atoms with Gasteiger partial charge < -0.3 is 10.1 Å². The van der Waals surface area contributed by atoms with Crippen molar-refractivity contribution in [2.24, 2.45) is 5.92 Å². The average molecular weight is 248 g/mol. The predicted octanol–water partition coefficient (Wildman–Crippen LogP) is 2.42. The molecule has 0 unspecified atom stereocenters. The Labute approximate surface area is 110 Å². The van der Waals surface area contributed by atoms with Gasteiger partial charge in [0.15, 0.2) is 0 Å². The molecule has 1 saturated heterocycles. The summed E-state index contributed by atoms with van der Waals surface area (Å²) in [4.78, 5) is 4.02. The summed E-state index contributed by atoms with van der Waals surface area (Å²) >= 11 is 0. The van der Waals surface area contributed by atoms with E-state index in [4.69, 9.17) is 4.74 Å². The normalized spacial score (nSPS) is 16.9. The Morgan fingerprint density at radius 3 is 2.72 bits per heavy atom. The molecule has 2 heterocycles. The number of rotatable bonds is 7. The lowest BCUT2D eigenvalue weighted by Crippen LogP contribution is -2.28. The summed E-state index contributed by atoms with van der Waals surface area (Å²) in [7, 11) is 0. The van der Waals surface area contributed by atoms with Gasteiger partial charge in [-0.2, -0.15) is 0 Å². The fourth-order valence-corrected chi connectivity index (χ4v) is 2.45. The van der Waals surface area contributed by atoms with Crippen LogP contribution in [0.25, 0.3) is 0 Å². The fraction of sp³-hybridized carbons (Fsp3) is 0.667. The van der Waals surface area contributed by atoms with Gasteiger partial charge in [0.1, 0.15) is 0 Å². The van der Waals surface area contributed by atoms with Crippen LogP contribution in [-0.4, -0.2) is 31.3 Å². The molecule has 0 spiro atoms. The number of hydrogen-bond acceptors (Lipinski definition) is 3. The zero-order chi connectivity index (χ0) is 12.5. The van der Waals surface area contributed by atoms with Crippen molar-refractivity contribution < 1.29 is 4.74 Å². The third-order valence-electron chi connectivity index (χ3n) is 3.63. The third kappa shape index (κ3) is 5.15. The quantitative estimate of drug-likeness (QED) is 0.752. The minimum absolute atomic E-state index is 0.881. The van der Waals surface area contributed by atoms with E-state index >= 15 is 0 Å². The van der Waals surface area contributed by atoms with Crippen LogP contribution in [0.4, 0.5) is 0 Å². The summed E-state index contributed by atoms with van der Waals surface area (Å²) in [5, 5.41) is 3.40. The first-order chi connectivity index (χ1) is 8.95. The van der Waals surface area contributed by atoms with Gasteiger partial charge in [-0.05, 0) is 68.8 Å². The second-order valence-electron chi connectivity index (χ2n) is 5.05. The van der Waals surface area contributed by atoms with Crippen LogP contribution in [0.15, 0.2) is 24.5 Å². The number of hydrogen-bond donors (Lipinski definition) is 1. The summed E-state index contributed by atoms with van der Waals surface area (Å²) in [5.41, 5.74) is 1.35. The van der Waals surface area contributed by atoms with Crippen LogP contribution in [0.2, 0.25) is 0 Å². The molecule has 18 heavy (non-hydrogen) atoms. The lowest BCUT2D eigenvalue weighted by atomic mass is 9.95. The molecule has 1 aliphatic heterocycles. The number of pyridine rings is 1. The van der Waals surface area contributed by atoms with E-state index in [0.717, 1.165) is 32.0 Å². The summed E-state index contributed by atoms with van der Waals surface area (Å²) in [6, 6.07) is 4.16. The number of aryl methyl sites for hydroxylation is 1. The molecule has 0 atom stereocenters. The monoisotopic (exact) mass is 248 g/mol. The lowest BCUT2D eigenvalue weighted by molar-refractivity contribution is 0.113. The maximum atomic E-state index is 5.72. The van der Waals surface area contributed by atoms with Crippen LogP contribution in [0.1, 0.15) is 31.2 Å². The van der Waals surface area contributed by atoms with E-state index in [1.54, 1.807) is 0 Å². The van der Waals surface area contributed by atoms with Crippen molar-refractivity contribution in [1.82, 2.24) is 10.3 Å². The third-order valence-corrected chi connectivity index (χ3v) is 3.63. The highest BCUT2D eigenvalue weighted by Crippen LogP contribution is 2.15. The molecule has 1 aliphatic rings. The Kier molecular flexibility index (Phi) is 6.17. The number of ether oxygens (including phenoxy) is 1. The van der Waals surface area contributed by atoms with Crippen LogP contribution in [-0.2, 0) is 11.2 Å². The first-order valence-electron chi connectivity index (χ1n) is 7.12. The largest absolute Gasteiger partial charge is 0.381 e. The molecular formula is C15H24N2O. The second-order valence-corrected chi connectivity index (χ2v) is 5.05. The number of nitrogens with zero attached hydrogens (tertiary/aromatic N) is 1. The molecule has 0 aromatic carbocycles. The van der Waals surface area contributed by atoms with Crippen LogP contribution >= 0.6 is 0 Å². The van der Waals surface area contributed by atoms with Gasteiger partial charge in [-0.1, -0.05) is 0 Å². The Bertz CT molecular complexity index is 310. The molecule has 1 aromatic heterocycles. The standard InChI is InChI=1S/C15H24N2O/c1(2-14-3-8-16-9-4-14)12-18-13-7-15-5-10-17-11-6-15/h3-4,8-9,15,17H,1-2,5-7,10-13H2. The average Bonchev–Trinajstić information content (AvgIpc) is 2.45. The molecule has 0 bridgehead atoms. The van der Waals surface area contributed by atoms with Gasteiger partial charge in [-0.15, -0.1) is 0 Å². The fourth-order valence-electron chi connectivity index (χ4n) is 2.45. The predicted molar refractivity (Wildman–Crippen MR) is 73.6 cm³/mol. The zero-order valence-corrected chi connectivity index (χ0v) is 11.1. The maximum Gasteiger partial charge on any atom is 0.0469 e. The van der Waals surface area contributed by atoms with Gasteiger partial charge in [-0.25, -0.2) is 0 Å². The Morgan fingerprint density at radius 2 is 1.94 bits per heavy atom. The molecule has 1 aromatic rings. The first-order valence-corrected chi connectivity index (χ1v) is 7.12. The van der Waals surface area contributed by atoms with E-state index in [1.807, 2.05) is 12.4 Å². The van der Waals surface area contributed by atoms with Crippen LogP contribution < -0.4 is 5.32 Å². The molecule has 0 radical (unpaired) electrons. The Balaban J connectivity index is 1.46. The van der Waals surface area contributed by atoms with Gasteiger partial charge in [0.25, 0.3) is 0 Å². The molecule has 3 heteroatoms. The van der Waals surface area contributed by atoms with Gasteiger partial charge in [0.2, 0.25) is 0 Å².